The zero-order chi connectivity index (χ0) is 36.2. The quantitative estimate of drug-likeness (QED) is 0.0589. The standard InChI is InChI=1S/C27H46O3.C4H10O2.C4H10O.C2H6.CH4O/c1-20(2)26(29)19-27(30)24(6)14-12-10-8-9-11-13-21(3)15-16-22(4)17-18-23(5)25(7)28;1-4(6)2-3-5;1-2-3-4-5;2*1-2/h8-11,13,22-26,28-29H,1,12,14-19H2,2-7H3;4-6H,2-3H2,1H3;5H,2-4H2,1H3;1-2H3;2H,1H3/b10-8+,11-9+,21-13+;;;;/t22?,23?,24-,25?,26?;;;;/m1..../s1. The number of rotatable bonds is 20. The van der Waals surface area contributed by atoms with Gasteiger partial charge in [-0.1, -0.05) is 102 Å². The minimum absolute atomic E-state index is 0.0414. The molecule has 0 aromatic rings. The van der Waals surface area contributed by atoms with Crippen molar-refractivity contribution in [2.24, 2.45) is 17.8 Å². The van der Waals surface area contributed by atoms with Crippen LogP contribution < -0.4 is 0 Å². The summed E-state index contributed by atoms with van der Waals surface area (Å²) in [5.74, 6) is 1.12. The number of aliphatic hydroxyl groups excluding tert-OH is 6. The predicted octanol–water partition coefficient (Wildman–Crippen LogP) is 7.73. The molecule has 0 aliphatic heterocycles. The maximum atomic E-state index is 12.1. The second-order valence-electron chi connectivity index (χ2n) is 11.7. The first-order valence-electron chi connectivity index (χ1n) is 17.1. The lowest BCUT2D eigenvalue weighted by molar-refractivity contribution is -0.124. The molecule has 0 spiro atoms. The highest BCUT2D eigenvalue weighted by Gasteiger charge is 2.17. The highest BCUT2D eigenvalue weighted by atomic mass is 16.3. The van der Waals surface area contributed by atoms with Crippen LogP contribution in [0.3, 0.4) is 0 Å². The van der Waals surface area contributed by atoms with Crippen LogP contribution in [0.25, 0.3) is 0 Å². The maximum Gasteiger partial charge on any atom is 0.138 e. The van der Waals surface area contributed by atoms with Gasteiger partial charge in [0.2, 0.25) is 0 Å². The van der Waals surface area contributed by atoms with Gasteiger partial charge in [0, 0.05) is 32.7 Å². The lowest BCUT2D eigenvalue weighted by Crippen LogP contribution is -2.19. The van der Waals surface area contributed by atoms with Crippen LogP contribution in [0.15, 0.2) is 48.1 Å². The van der Waals surface area contributed by atoms with E-state index in [1.165, 1.54) is 18.4 Å². The summed E-state index contributed by atoms with van der Waals surface area (Å²) < 4.78 is 0. The van der Waals surface area contributed by atoms with E-state index in [1.54, 1.807) is 13.8 Å². The average molecular weight is 645 g/mol. The first-order chi connectivity index (χ1) is 21.2. The van der Waals surface area contributed by atoms with E-state index in [0.717, 1.165) is 45.6 Å². The highest BCUT2D eigenvalue weighted by molar-refractivity contribution is 5.81. The van der Waals surface area contributed by atoms with Gasteiger partial charge < -0.3 is 30.6 Å². The molecule has 7 nitrogen and oxygen atoms in total. The molecule has 6 N–H and O–H groups in total. The lowest BCUT2D eigenvalue weighted by Gasteiger charge is -2.17. The van der Waals surface area contributed by atoms with Gasteiger partial charge in [-0.15, -0.1) is 0 Å². The van der Waals surface area contributed by atoms with E-state index < -0.39 is 6.10 Å². The van der Waals surface area contributed by atoms with E-state index >= 15 is 0 Å². The lowest BCUT2D eigenvalue weighted by atomic mass is 9.91. The Kier molecular flexibility index (Phi) is 47.5. The SMILES string of the molecule is C=C(C)C(O)CC(=O)[C@H](C)CC/C=C/C=C/C=C(\C)CCC(C)CCC(C)C(C)O.CC.CC(O)CCO.CCCCO.CO. The Balaban J connectivity index is -0.000000294. The third-order valence-electron chi connectivity index (χ3n) is 7.05. The molecule has 7 heteroatoms. The van der Waals surface area contributed by atoms with Gasteiger partial charge in [0.1, 0.15) is 5.78 Å². The predicted molar refractivity (Wildman–Crippen MR) is 194 cm³/mol. The Hall–Kier alpha value is -1.61. The third-order valence-corrected chi connectivity index (χ3v) is 7.05. The molecule has 0 aromatic heterocycles. The summed E-state index contributed by atoms with van der Waals surface area (Å²) in [5.41, 5.74) is 2.02. The molecule has 0 saturated heterocycles. The van der Waals surface area contributed by atoms with E-state index in [2.05, 4.69) is 52.5 Å². The molecular weight excluding hydrogens is 568 g/mol. The summed E-state index contributed by atoms with van der Waals surface area (Å²) in [6, 6.07) is 0. The molecule has 0 saturated carbocycles. The van der Waals surface area contributed by atoms with Gasteiger partial charge >= 0.3 is 0 Å². The molecule has 0 fully saturated rings. The molecule has 0 amide bonds. The Morgan fingerprint density at radius 3 is 1.78 bits per heavy atom. The summed E-state index contributed by atoms with van der Waals surface area (Å²) in [6.07, 6.45) is 18.0. The van der Waals surface area contributed by atoms with Crippen molar-refractivity contribution in [1.82, 2.24) is 0 Å². The van der Waals surface area contributed by atoms with Crippen LogP contribution in [0.2, 0.25) is 0 Å². The number of allylic oxidation sites excluding steroid dienone is 6. The molecule has 0 radical (unpaired) electrons. The number of aliphatic hydroxyl groups is 6. The number of ketones is 1. The Morgan fingerprint density at radius 2 is 1.38 bits per heavy atom. The van der Waals surface area contributed by atoms with E-state index in [4.69, 9.17) is 20.4 Å². The summed E-state index contributed by atoms with van der Waals surface area (Å²) in [6.45, 7) is 23.9. The van der Waals surface area contributed by atoms with Crippen LogP contribution in [0.4, 0.5) is 0 Å². The first kappa shape index (κ1) is 52.9. The highest BCUT2D eigenvalue weighted by Crippen LogP contribution is 2.20. The molecule has 45 heavy (non-hydrogen) atoms. The fourth-order valence-electron chi connectivity index (χ4n) is 3.37. The molecule has 0 rings (SSSR count). The van der Waals surface area contributed by atoms with Gasteiger partial charge in [0.15, 0.2) is 0 Å². The minimum atomic E-state index is -0.718. The number of carbonyl (C=O) groups is 1. The van der Waals surface area contributed by atoms with Crippen molar-refractivity contribution in [3.05, 3.63) is 48.1 Å². The number of Topliss-reactive ketones (excluding diaryl/α,β-unsaturated/α-hetero) is 1. The zero-order valence-corrected chi connectivity index (χ0v) is 31.1. The molecule has 5 unspecified atom stereocenters. The summed E-state index contributed by atoms with van der Waals surface area (Å²) in [7, 11) is 1.00. The topological polar surface area (TPSA) is 138 Å². The van der Waals surface area contributed by atoms with Gasteiger partial charge in [0.25, 0.3) is 0 Å². The third kappa shape index (κ3) is 44.6. The Bertz CT molecular complexity index is 709. The average Bonchev–Trinajstić information content (AvgIpc) is 3.00. The molecule has 0 bridgehead atoms. The van der Waals surface area contributed by atoms with Gasteiger partial charge in [-0.3, -0.25) is 4.79 Å². The number of unbranched alkanes of at least 4 members (excludes halogenated alkanes) is 1. The van der Waals surface area contributed by atoms with Crippen LogP contribution >= 0.6 is 0 Å². The second kappa shape index (κ2) is 40.4. The van der Waals surface area contributed by atoms with Gasteiger partial charge in [-0.05, 0) is 84.5 Å². The number of hydrogen-bond donors (Lipinski definition) is 6. The van der Waals surface area contributed by atoms with Crippen LogP contribution in [-0.4, -0.2) is 75.1 Å². The van der Waals surface area contributed by atoms with Gasteiger partial charge in [0.05, 0.1) is 18.3 Å². The summed E-state index contributed by atoms with van der Waals surface area (Å²) in [4.78, 5) is 12.1. The van der Waals surface area contributed by atoms with Gasteiger partial charge in [-0.25, -0.2) is 0 Å². The molecule has 6 atom stereocenters. The first-order valence-corrected chi connectivity index (χ1v) is 17.1. The molecule has 0 aliphatic rings. The Labute approximate surface area is 278 Å². The van der Waals surface area contributed by atoms with E-state index in [1.807, 2.05) is 39.8 Å². The molecule has 0 aromatic carbocycles. The molecular formula is C38H76O7. The van der Waals surface area contributed by atoms with Crippen molar-refractivity contribution < 1.29 is 35.4 Å². The van der Waals surface area contributed by atoms with Crippen LogP contribution in [-0.2, 0) is 4.79 Å². The number of hydrogen-bond acceptors (Lipinski definition) is 7. The van der Waals surface area contributed by atoms with Crippen molar-refractivity contribution in [2.75, 3.05) is 20.3 Å². The van der Waals surface area contributed by atoms with Crippen molar-refractivity contribution in [3.8, 4) is 0 Å². The monoisotopic (exact) mass is 645 g/mol. The molecule has 0 heterocycles. The number of carbonyl (C=O) groups excluding carboxylic acids is 1. The minimum Gasteiger partial charge on any atom is -0.400 e. The Morgan fingerprint density at radius 1 is 0.800 bits per heavy atom. The zero-order valence-electron chi connectivity index (χ0n) is 31.1. The summed E-state index contributed by atoms with van der Waals surface area (Å²) in [5, 5.41) is 50.9. The van der Waals surface area contributed by atoms with Crippen molar-refractivity contribution in [1.29, 1.82) is 0 Å². The van der Waals surface area contributed by atoms with Crippen molar-refractivity contribution in [2.45, 2.75) is 152 Å². The summed E-state index contributed by atoms with van der Waals surface area (Å²) >= 11 is 0. The van der Waals surface area contributed by atoms with Crippen LogP contribution in [0.5, 0.6) is 0 Å². The van der Waals surface area contributed by atoms with Gasteiger partial charge in [-0.2, -0.15) is 0 Å². The normalized spacial score (nSPS) is 15.0. The smallest absolute Gasteiger partial charge is 0.138 e. The van der Waals surface area contributed by atoms with Crippen molar-refractivity contribution >= 4 is 5.78 Å². The van der Waals surface area contributed by atoms with E-state index in [-0.39, 0.29) is 36.9 Å². The van der Waals surface area contributed by atoms with Crippen LogP contribution in [0.1, 0.15) is 133 Å². The van der Waals surface area contributed by atoms with Crippen molar-refractivity contribution in [3.63, 3.8) is 0 Å². The second-order valence-corrected chi connectivity index (χ2v) is 11.7. The van der Waals surface area contributed by atoms with E-state index in [9.17, 15) is 15.0 Å². The fourth-order valence-corrected chi connectivity index (χ4v) is 3.37. The fraction of sp³-hybridized carbons (Fsp3) is 0.763. The van der Waals surface area contributed by atoms with E-state index in [0.29, 0.717) is 30.4 Å². The molecule has 0 aliphatic carbocycles. The molecule has 270 valence electrons. The maximum absolute atomic E-state index is 12.1. The largest absolute Gasteiger partial charge is 0.400 e. The van der Waals surface area contributed by atoms with Crippen LogP contribution in [0, 0.1) is 17.8 Å².